The lowest BCUT2D eigenvalue weighted by molar-refractivity contribution is 0.572. The van der Waals surface area contributed by atoms with Crippen LogP contribution in [0.2, 0.25) is 0 Å². The summed E-state index contributed by atoms with van der Waals surface area (Å²) in [4.78, 5) is 10.8. The van der Waals surface area contributed by atoms with Crippen LogP contribution in [0.15, 0.2) is 4.47 Å². The minimum absolute atomic E-state index is 0.531. The highest BCUT2D eigenvalue weighted by molar-refractivity contribution is 9.10. The van der Waals surface area contributed by atoms with Gasteiger partial charge in [0.1, 0.15) is 21.9 Å². The average Bonchev–Trinajstić information content (AvgIpc) is 2.24. The number of piperidine rings is 1. The Morgan fingerprint density at radius 1 is 1.20 bits per heavy atom. The Balaban J connectivity index is 2.33. The standard InChI is InChI=1S/C10H15BrN4/c1-7-13-9(12)8(11)10(14-7)15-5-3-2-4-6-15/h2-6H2,1H3,(H2,12,13,14). The average molecular weight is 271 g/mol. The van der Waals surface area contributed by atoms with Crippen LogP contribution in [0, 0.1) is 6.92 Å². The zero-order chi connectivity index (χ0) is 10.8. The van der Waals surface area contributed by atoms with Gasteiger partial charge in [-0.3, -0.25) is 0 Å². The summed E-state index contributed by atoms with van der Waals surface area (Å²) < 4.78 is 0.829. The van der Waals surface area contributed by atoms with Gasteiger partial charge < -0.3 is 10.6 Å². The number of anilines is 2. The van der Waals surface area contributed by atoms with E-state index >= 15 is 0 Å². The van der Waals surface area contributed by atoms with Crippen LogP contribution in [0.1, 0.15) is 25.1 Å². The van der Waals surface area contributed by atoms with Crippen molar-refractivity contribution >= 4 is 27.6 Å². The van der Waals surface area contributed by atoms with E-state index in [-0.39, 0.29) is 0 Å². The van der Waals surface area contributed by atoms with E-state index in [0.717, 1.165) is 29.2 Å². The molecule has 2 rings (SSSR count). The number of aryl methyl sites for hydroxylation is 1. The molecule has 0 amide bonds. The molecule has 0 bridgehead atoms. The Labute approximate surface area is 98.0 Å². The maximum atomic E-state index is 5.80. The molecule has 5 heteroatoms. The van der Waals surface area contributed by atoms with E-state index in [1.807, 2.05) is 6.92 Å². The van der Waals surface area contributed by atoms with Gasteiger partial charge in [0.15, 0.2) is 0 Å². The van der Waals surface area contributed by atoms with Crippen molar-refractivity contribution < 1.29 is 0 Å². The molecule has 0 radical (unpaired) electrons. The molecule has 2 heterocycles. The topological polar surface area (TPSA) is 55.0 Å². The molecule has 1 aliphatic heterocycles. The van der Waals surface area contributed by atoms with E-state index in [1.54, 1.807) is 0 Å². The summed E-state index contributed by atoms with van der Waals surface area (Å²) in [6.45, 7) is 4.00. The zero-order valence-electron chi connectivity index (χ0n) is 8.83. The maximum Gasteiger partial charge on any atom is 0.148 e. The minimum atomic E-state index is 0.531. The summed E-state index contributed by atoms with van der Waals surface area (Å²) in [5.74, 6) is 2.21. The van der Waals surface area contributed by atoms with Crippen LogP contribution in [0.5, 0.6) is 0 Å². The Bertz CT molecular complexity index is 361. The second kappa shape index (κ2) is 4.35. The summed E-state index contributed by atoms with van der Waals surface area (Å²) in [7, 11) is 0. The first-order valence-corrected chi connectivity index (χ1v) is 6.02. The van der Waals surface area contributed by atoms with Crippen LogP contribution in [0.3, 0.4) is 0 Å². The van der Waals surface area contributed by atoms with Crippen molar-refractivity contribution in [1.29, 1.82) is 0 Å². The summed E-state index contributed by atoms with van der Waals surface area (Å²) >= 11 is 3.46. The molecular formula is C10H15BrN4. The molecule has 0 atom stereocenters. The van der Waals surface area contributed by atoms with E-state index < -0.39 is 0 Å². The van der Waals surface area contributed by atoms with Crippen LogP contribution < -0.4 is 10.6 Å². The molecule has 0 saturated carbocycles. The van der Waals surface area contributed by atoms with Gasteiger partial charge in [0.2, 0.25) is 0 Å². The van der Waals surface area contributed by atoms with Gasteiger partial charge >= 0.3 is 0 Å². The maximum absolute atomic E-state index is 5.80. The molecule has 15 heavy (non-hydrogen) atoms. The number of halogens is 1. The number of nitrogens with zero attached hydrogens (tertiary/aromatic N) is 3. The molecule has 82 valence electrons. The molecule has 1 aliphatic rings. The van der Waals surface area contributed by atoms with Crippen LogP contribution in [-0.4, -0.2) is 23.1 Å². The number of nitrogen functional groups attached to an aromatic ring is 1. The number of nitrogens with two attached hydrogens (primary N) is 1. The Morgan fingerprint density at radius 2 is 1.87 bits per heavy atom. The second-order valence-corrected chi connectivity index (χ2v) is 4.63. The molecule has 0 spiro atoms. The smallest absolute Gasteiger partial charge is 0.148 e. The first-order chi connectivity index (χ1) is 7.18. The van der Waals surface area contributed by atoms with Crippen LogP contribution in [-0.2, 0) is 0 Å². The monoisotopic (exact) mass is 270 g/mol. The zero-order valence-corrected chi connectivity index (χ0v) is 10.4. The number of hydrogen-bond donors (Lipinski definition) is 1. The normalized spacial score (nSPS) is 16.8. The second-order valence-electron chi connectivity index (χ2n) is 3.84. The summed E-state index contributed by atoms with van der Waals surface area (Å²) in [6.07, 6.45) is 3.78. The third kappa shape index (κ3) is 2.22. The van der Waals surface area contributed by atoms with Crippen molar-refractivity contribution in [2.24, 2.45) is 0 Å². The predicted molar refractivity (Wildman–Crippen MR) is 64.9 cm³/mol. The molecule has 1 saturated heterocycles. The fourth-order valence-electron chi connectivity index (χ4n) is 1.88. The van der Waals surface area contributed by atoms with Gasteiger partial charge in [0.25, 0.3) is 0 Å². The first-order valence-electron chi connectivity index (χ1n) is 5.23. The van der Waals surface area contributed by atoms with E-state index in [4.69, 9.17) is 5.73 Å². The third-order valence-electron chi connectivity index (χ3n) is 2.63. The fourth-order valence-corrected chi connectivity index (χ4v) is 2.31. The lowest BCUT2D eigenvalue weighted by Gasteiger charge is -2.28. The molecule has 4 nitrogen and oxygen atoms in total. The number of rotatable bonds is 1. The Morgan fingerprint density at radius 3 is 2.53 bits per heavy atom. The van der Waals surface area contributed by atoms with Crippen molar-refractivity contribution in [1.82, 2.24) is 9.97 Å². The van der Waals surface area contributed by atoms with Crippen molar-refractivity contribution in [2.75, 3.05) is 23.7 Å². The van der Waals surface area contributed by atoms with Crippen molar-refractivity contribution in [2.45, 2.75) is 26.2 Å². The lowest BCUT2D eigenvalue weighted by atomic mass is 10.1. The van der Waals surface area contributed by atoms with Crippen LogP contribution >= 0.6 is 15.9 Å². The molecule has 0 aromatic carbocycles. The first kappa shape index (κ1) is 10.7. The van der Waals surface area contributed by atoms with Crippen LogP contribution in [0.4, 0.5) is 11.6 Å². The fraction of sp³-hybridized carbons (Fsp3) is 0.600. The van der Waals surface area contributed by atoms with E-state index in [2.05, 4.69) is 30.8 Å². The Kier molecular flexibility index (Phi) is 3.09. The lowest BCUT2D eigenvalue weighted by Crippen LogP contribution is -2.31. The van der Waals surface area contributed by atoms with Gasteiger partial charge in [0.05, 0.1) is 0 Å². The highest BCUT2D eigenvalue weighted by Gasteiger charge is 2.17. The molecular weight excluding hydrogens is 256 g/mol. The van der Waals surface area contributed by atoms with Gasteiger partial charge in [-0.1, -0.05) is 0 Å². The predicted octanol–water partition coefficient (Wildman–Crippen LogP) is 2.12. The van der Waals surface area contributed by atoms with E-state index in [9.17, 15) is 0 Å². The van der Waals surface area contributed by atoms with Crippen LogP contribution in [0.25, 0.3) is 0 Å². The molecule has 1 aromatic rings. The van der Waals surface area contributed by atoms with Crippen molar-refractivity contribution in [3.8, 4) is 0 Å². The highest BCUT2D eigenvalue weighted by Crippen LogP contribution is 2.30. The van der Waals surface area contributed by atoms with E-state index in [1.165, 1.54) is 19.3 Å². The summed E-state index contributed by atoms with van der Waals surface area (Å²) in [5, 5.41) is 0. The van der Waals surface area contributed by atoms with Gasteiger partial charge in [0, 0.05) is 13.1 Å². The molecule has 1 fully saturated rings. The summed E-state index contributed by atoms with van der Waals surface area (Å²) in [5.41, 5.74) is 5.80. The van der Waals surface area contributed by atoms with Crippen molar-refractivity contribution in [3.63, 3.8) is 0 Å². The van der Waals surface area contributed by atoms with Gasteiger partial charge in [-0.2, -0.15) is 0 Å². The number of hydrogen-bond acceptors (Lipinski definition) is 4. The highest BCUT2D eigenvalue weighted by atomic mass is 79.9. The van der Waals surface area contributed by atoms with E-state index in [0.29, 0.717) is 5.82 Å². The Hall–Kier alpha value is -0.840. The third-order valence-corrected chi connectivity index (χ3v) is 3.39. The van der Waals surface area contributed by atoms with Gasteiger partial charge in [-0.25, -0.2) is 9.97 Å². The van der Waals surface area contributed by atoms with Gasteiger partial charge in [-0.15, -0.1) is 0 Å². The quantitative estimate of drug-likeness (QED) is 0.850. The van der Waals surface area contributed by atoms with Gasteiger partial charge in [-0.05, 0) is 42.1 Å². The molecule has 2 N–H and O–H groups in total. The largest absolute Gasteiger partial charge is 0.383 e. The molecule has 0 aliphatic carbocycles. The molecule has 0 unspecified atom stereocenters. The number of aromatic nitrogens is 2. The minimum Gasteiger partial charge on any atom is -0.383 e. The van der Waals surface area contributed by atoms with Crippen molar-refractivity contribution in [3.05, 3.63) is 10.3 Å². The SMILES string of the molecule is Cc1nc(N)c(Br)c(N2CCCCC2)n1. The molecule has 1 aromatic heterocycles. The summed E-state index contributed by atoms with van der Waals surface area (Å²) in [6, 6.07) is 0.